The van der Waals surface area contributed by atoms with Crippen LogP contribution in [0, 0.1) is 11.6 Å². The first kappa shape index (κ1) is 17.1. The number of benzene rings is 2. The average molecular weight is 453 g/mol. The number of hydrogen-bond donors (Lipinski definition) is 0. The highest BCUT2D eigenvalue weighted by Gasteiger charge is 2.27. The van der Waals surface area contributed by atoms with Gasteiger partial charge in [-0.05, 0) is 39.7 Å². The molecule has 0 spiro atoms. The Labute approximate surface area is 156 Å². The van der Waals surface area contributed by atoms with E-state index in [-0.39, 0.29) is 5.56 Å². The molecule has 5 heteroatoms. The molecule has 0 amide bonds. The minimum absolute atomic E-state index is 0.0723. The van der Waals surface area contributed by atoms with Gasteiger partial charge in [-0.25, -0.2) is 8.78 Å². The van der Waals surface area contributed by atoms with Gasteiger partial charge in [-0.15, -0.1) is 0 Å². The molecule has 2 aromatic carbocycles. The fourth-order valence-corrected chi connectivity index (χ4v) is 3.56. The Kier molecular flexibility index (Phi) is 4.74. The maximum Gasteiger partial charge on any atom is 0.136 e. The summed E-state index contributed by atoms with van der Waals surface area (Å²) in [5.74, 6) is -1.26. The molecule has 0 aromatic heterocycles. The lowest BCUT2D eigenvalue weighted by Crippen LogP contribution is -2.21. The minimum atomic E-state index is -0.628. The molecule has 0 fully saturated rings. The molecule has 24 heavy (non-hydrogen) atoms. The summed E-state index contributed by atoms with van der Waals surface area (Å²) in [5, 5.41) is 0. The van der Waals surface area contributed by atoms with Crippen molar-refractivity contribution in [1.29, 1.82) is 0 Å². The van der Waals surface area contributed by atoms with Gasteiger partial charge in [0, 0.05) is 27.3 Å². The zero-order valence-electron chi connectivity index (χ0n) is 12.8. The van der Waals surface area contributed by atoms with Crippen LogP contribution < -0.4 is 0 Å². The van der Waals surface area contributed by atoms with Crippen LogP contribution in [0.15, 0.2) is 69.8 Å². The Hall–Kier alpha value is -1.72. The summed E-state index contributed by atoms with van der Waals surface area (Å²) in [5.41, 5.74) is 2.59. The first-order valence-corrected chi connectivity index (χ1v) is 8.73. The quantitative estimate of drug-likeness (QED) is 0.514. The van der Waals surface area contributed by atoms with Crippen molar-refractivity contribution >= 4 is 43.1 Å². The van der Waals surface area contributed by atoms with Crippen LogP contribution in [0.1, 0.15) is 11.1 Å². The van der Waals surface area contributed by atoms with Crippen LogP contribution in [0.25, 0.3) is 11.3 Å². The fraction of sp³-hybridized carbons (Fsp3) is 0.0526. The smallest absolute Gasteiger partial charge is 0.136 e. The number of allylic oxidation sites excluding steroid dienone is 3. The molecule has 1 aliphatic heterocycles. The summed E-state index contributed by atoms with van der Waals surface area (Å²) >= 11 is 6.59. The summed E-state index contributed by atoms with van der Waals surface area (Å²) in [6.07, 6.45) is 1.84. The first-order chi connectivity index (χ1) is 11.4. The van der Waals surface area contributed by atoms with Crippen molar-refractivity contribution in [2.75, 3.05) is 7.05 Å². The molecule has 1 aliphatic rings. The number of rotatable bonds is 2. The molecule has 2 aromatic rings. The van der Waals surface area contributed by atoms with Gasteiger partial charge in [0.1, 0.15) is 11.6 Å². The number of likely N-dealkylation sites (N-methyl/N-ethyl adjacent to an activating group) is 1. The van der Waals surface area contributed by atoms with Crippen molar-refractivity contribution in [1.82, 2.24) is 4.90 Å². The second-order valence-corrected chi connectivity index (χ2v) is 7.14. The summed E-state index contributed by atoms with van der Waals surface area (Å²) < 4.78 is 30.3. The van der Waals surface area contributed by atoms with Crippen LogP contribution in [-0.2, 0) is 0 Å². The lowest BCUT2D eigenvalue weighted by molar-refractivity contribution is 0.549. The van der Waals surface area contributed by atoms with Crippen LogP contribution >= 0.6 is 31.9 Å². The maximum absolute atomic E-state index is 14.6. The molecule has 0 N–H and O–H groups in total. The second-order valence-electron chi connectivity index (χ2n) is 5.37. The van der Waals surface area contributed by atoms with E-state index in [0.29, 0.717) is 15.9 Å². The topological polar surface area (TPSA) is 3.24 Å². The standard InChI is InChI=1S/C19H13Br2F2N/c1-11-15(21)10-14(12-6-4-3-5-7-12)19(24(11)2)18-16(22)8-13(20)9-17(18)23/h3-10H,1H2,2H3. The Morgan fingerprint density at radius 2 is 1.58 bits per heavy atom. The highest BCUT2D eigenvalue weighted by molar-refractivity contribution is 9.12. The van der Waals surface area contributed by atoms with Gasteiger partial charge in [-0.3, -0.25) is 0 Å². The second kappa shape index (κ2) is 6.65. The molecule has 0 radical (unpaired) electrons. The lowest BCUT2D eigenvalue weighted by Gasteiger charge is -2.31. The van der Waals surface area contributed by atoms with Gasteiger partial charge in [0.2, 0.25) is 0 Å². The van der Waals surface area contributed by atoms with Crippen LogP contribution in [0.3, 0.4) is 0 Å². The van der Waals surface area contributed by atoms with Gasteiger partial charge in [-0.2, -0.15) is 0 Å². The van der Waals surface area contributed by atoms with E-state index in [0.717, 1.165) is 15.6 Å². The third-order valence-electron chi connectivity index (χ3n) is 3.87. The molecule has 0 aliphatic carbocycles. The van der Waals surface area contributed by atoms with E-state index >= 15 is 0 Å². The van der Waals surface area contributed by atoms with E-state index in [4.69, 9.17) is 0 Å². The van der Waals surface area contributed by atoms with Gasteiger partial charge in [-0.1, -0.05) is 52.8 Å². The van der Waals surface area contributed by atoms with Crippen molar-refractivity contribution in [3.8, 4) is 0 Å². The molecule has 3 rings (SSSR count). The molecule has 1 nitrogen and oxygen atoms in total. The van der Waals surface area contributed by atoms with Gasteiger partial charge >= 0.3 is 0 Å². The normalized spacial score (nSPS) is 15.0. The van der Waals surface area contributed by atoms with E-state index in [2.05, 4.69) is 38.4 Å². The third-order valence-corrected chi connectivity index (χ3v) is 5.02. The highest BCUT2D eigenvalue weighted by Crippen LogP contribution is 2.41. The van der Waals surface area contributed by atoms with Gasteiger partial charge in [0.15, 0.2) is 0 Å². The van der Waals surface area contributed by atoms with E-state index in [1.165, 1.54) is 12.1 Å². The molecule has 0 unspecified atom stereocenters. The number of hydrogen-bond acceptors (Lipinski definition) is 1. The summed E-state index contributed by atoms with van der Waals surface area (Å²) in [6, 6.07) is 12.0. The monoisotopic (exact) mass is 451 g/mol. The van der Waals surface area contributed by atoms with Crippen LogP contribution in [0.2, 0.25) is 0 Å². The molecule has 0 atom stereocenters. The van der Waals surface area contributed by atoms with E-state index in [9.17, 15) is 8.78 Å². The zero-order valence-corrected chi connectivity index (χ0v) is 16.0. The van der Waals surface area contributed by atoms with Crippen molar-refractivity contribution in [2.24, 2.45) is 0 Å². The molecule has 0 saturated heterocycles. The first-order valence-electron chi connectivity index (χ1n) is 7.15. The molecule has 122 valence electrons. The predicted octanol–water partition coefficient (Wildman–Crippen LogP) is 6.33. The Morgan fingerprint density at radius 3 is 2.17 bits per heavy atom. The predicted molar refractivity (Wildman–Crippen MR) is 101 cm³/mol. The fourth-order valence-electron chi connectivity index (χ4n) is 2.66. The van der Waals surface area contributed by atoms with Crippen molar-refractivity contribution in [3.05, 3.63) is 92.5 Å². The van der Waals surface area contributed by atoms with Gasteiger partial charge in [0.25, 0.3) is 0 Å². The van der Waals surface area contributed by atoms with Gasteiger partial charge < -0.3 is 4.90 Å². The van der Waals surface area contributed by atoms with Crippen LogP contribution in [0.5, 0.6) is 0 Å². The SMILES string of the molecule is C=C1C(Br)=CC(c2ccccc2)=C(c2c(F)cc(Br)cc2F)N1C. The van der Waals surface area contributed by atoms with Crippen molar-refractivity contribution in [3.63, 3.8) is 0 Å². The molecular formula is C19H13Br2F2N. The maximum atomic E-state index is 14.6. The Morgan fingerprint density at radius 1 is 1.00 bits per heavy atom. The lowest BCUT2D eigenvalue weighted by atomic mass is 9.94. The van der Waals surface area contributed by atoms with E-state index in [1.54, 1.807) is 11.9 Å². The van der Waals surface area contributed by atoms with E-state index < -0.39 is 11.6 Å². The van der Waals surface area contributed by atoms with Gasteiger partial charge in [0.05, 0.1) is 11.3 Å². The summed E-state index contributed by atoms with van der Waals surface area (Å²) in [7, 11) is 1.75. The summed E-state index contributed by atoms with van der Waals surface area (Å²) in [6.45, 7) is 3.98. The van der Waals surface area contributed by atoms with E-state index in [1.807, 2.05) is 36.4 Å². The number of halogens is 4. The average Bonchev–Trinajstić information content (AvgIpc) is 2.54. The molecule has 0 saturated carbocycles. The molecule has 1 heterocycles. The van der Waals surface area contributed by atoms with Crippen molar-refractivity contribution < 1.29 is 8.78 Å². The summed E-state index contributed by atoms with van der Waals surface area (Å²) in [4.78, 5) is 1.70. The minimum Gasteiger partial charge on any atom is -0.343 e. The highest BCUT2D eigenvalue weighted by atomic mass is 79.9. The van der Waals surface area contributed by atoms with Crippen LogP contribution in [0.4, 0.5) is 8.78 Å². The zero-order chi connectivity index (χ0) is 17.4. The van der Waals surface area contributed by atoms with Crippen molar-refractivity contribution in [2.45, 2.75) is 0 Å². The molecule has 0 bridgehead atoms. The third kappa shape index (κ3) is 2.98. The van der Waals surface area contributed by atoms with Crippen LogP contribution in [-0.4, -0.2) is 11.9 Å². The number of nitrogens with zero attached hydrogens (tertiary/aromatic N) is 1. The Bertz CT molecular complexity index is 862. The largest absolute Gasteiger partial charge is 0.343 e. The Balaban J connectivity index is 2.36. The molecular weight excluding hydrogens is 440 g/mol.